The highest BCUT2D eigenvalue weighted by molar-refractivity contribution is 9.09. The van der Waals surface area contributed by atoms with Gasteiger partial charge < -0.3 is 9.47 Å². The second-order valence-corrected chi connectivity index (χ2v) is 4.86. The molecule has 0 saturated heterocycles. The zero-order valence-corrected chi connectivity index (χ0v) is 12.5. The molecule has 0 radical (unpaired) electrons. The Balaban J connectivity index is 1.99. The number of methoxy groups -OCH3 is 1. The maximum absolute atomic E-state index is 5.95. The van der Waals surface area contributed by atoms with Crippen LogP contribution in [0, 0.1) is 0 Å². The number of ether oxygens (including phenoxy) is 2. The largest absolute Gasteiger partial charge is 0.497 e. The molecule has 0 aliphatic heterocycles. The van der Waals surface area contributed by atoms with Crippen LogP contribution < -0.4 is 4.74 Å². The van der Waals surface area contributed by atoms with Crippen LogP contribution in [0.25, 0.3) is 0 Å². The Kier molecular flexibility index (Phi) is 5.43. The fourth-order valence-electron chi connectivity index (χ4n) is 1.82. The summed E-state index contributed by atoms with van der Waals surface area (Å²) < 4.78 is 11.1. The third-order valence-electron chi connectivity index (χ3n) is 2.92. The van der Waals surface area contributed by atoms with E-state index in [1.54, 1.807) is 7.11 Å². The standard InChI is InChI=1S/C16H17BrO2/c1-18-15-9-7-14(8-10-15)16(11-17)19-12-13-5-3-2-4-6-13/h2-10,16H,11-12H2,1H3. The molecule has 1 atom stereocenters. The van der Waals surface area contributed by atoms with E-state index in [0.717, 1.165) is 16.6 Å². The van der Waals surface area contributed by atoms with E-state index in [4.69, 9.17) is 9.47 Å². The Morgan fingerprint density at radius 2 is 1.68 bits per heavy atom. The molecular formula is C16H17BrO2. The fraction of sp³-hybridized carbons (Fsp3) is 0.250. The molecule has 19 heavy (non-hydrogen) atoms. The summed E-state index contributed by atoms with van der Waals surface area (Å²) >= 11 is 3.51. The Labute approximate surface area is 122 Å². The Bertz CT molecular complexity index is 482. The molecule has 0 aliphatic rings. The van der Waals surface area contributed by atoms with Crippen LogP contribution >= 0.6 is 15.9 Å². The van der Waals surface area contributed by atoms with E-state index in [9.17, 15) is 0 Å². The Morgan fingerprint density at radius 1 is 1.00 bits per heavy atom. The average molecular weight is 321 g/mol. The Hall–Kier alpha value is -1.32. The van der Waals surface area contributed by atoms with E-state index < -0.39 is 0 Å². The number of halogens is 1. The van der Waals surface area contributed by atoms with Crippen molar-refractivity contribution >= 4 is 15.9 Å². The van der Waals surface area contributed by atoms with Crippen molar-refractivity contribution in [2.75, 3.05) is 12.4 Å². The highest BCUT2D eigenvalue weighted by Gasteiger charge is 2.10. The van der Waals surface area contributed by atoms with Crippen molar-refractivity contribution in [1.82, 2.24) is 0 Å². The van der Waals surface area contributed by atoms with Gasteiger partial charge in [-0.2, -0.15) is 0 Å². The summed E-state index contributed by atoms with van der Waals surface area (Å²) in [5.41, 5.74) is 2.33. The van der Waals surface area contributed by atoms with Gasteiger partial charge in [0, 0.05) is 5.33 Å². The first kappa shape index (κ1) is 14.1. The average Bonchev–Trinajstić information content (AvgIpc) is 2.49. The van der Waals surface area contributed by atoms with Gasteiger partial charge in [-0.1, -0.05) is 58.4 Å². The summed E-state index contributed by atoms with van der Waals surface area (Å²) in [6.45, 7) is 0.614. The number of alkyl halides is 1. The van der Waals surface area contributed by atoms with Crippen molar-refractivity contribution in [2.24, 2.45) is 0 Å². The topological polar surface area (TPSA) is 18.5 Å². The van der Waals surface area contributed by atoms with Crippen LogP contribution in [0.4, 0.5) is 0 Å². The molecule has 0 N–H and O–H groups in total. The minimum absolute atomic E-state index is 0.0473. The first-order valence-electron chi connectivity index (χ1n) is 6.19. The molecule has 3 heteroatoms. The van der Waals surface area contributed by atoms with E-state index in [1.807, 2.05) is 42.5 Å². The number of hydrogen-bond acceptors (Lipinski definition) is 2. The summed E-state index contributed by atoms with van der Waals surface area (Å²) in [5, 5.41) is 0.770. The third-order valence-corrected chi connectivity index (χ3v) is 3.51. The van der Waals surface area contributed by atoms with Crippen LogP contribution in [0.5, 0.6) is 5.75 Å². The molecule has 0 aliphatic carbocycles. The minimum atomic E-state index is 0.0473. The summed E-state index contributed by atoms with van der Waals surface area (Å²) in [5.74, 6) is 0.861. The molecule has 100 valence electrons. The van der Waals surface area contributed by atoms with Gasteiger partial charge in [-0.3, -0.25) is 0 Å². The van der Waals surface area contributed by atoms with Crippen LogP contribution in [0.3, 0.4) is 0 Å². The van der Waals surface area contributed by atoms with Crippen molar-refractivity contribution in [3.63, 3.8) is 0 Å². The van der Waals surface area contributed by atoms with Crippen molar-refractivity contribution in [1.29, 1.82) is 0 Å². The summed E-state index contributed by atoms with van der Waals surface area (Å²) in [6, 6.07) is 18.2. The maximum atomic E-state index is 5.95. The molecule has 2 aromatic rings. The van der Waals surface area contributed by atoms with Crippen LogP contribution in [0.2, 0.25) is 0 Å². The lowest BCUT2D eigenvalue weighted by molar-refractivity contribution is 0.0566. The molecule has 2 rings (SSSR count). The van der Waals surface area contributed by atoms with Gasteiger partial charge in [-0.25, -0.2) is 0 Å². The highest BCUT2D eigenvalue weighted by Crippen LogP contribution is 2.23. The molecule has 0 aromatic heterocycles. The van der Waals surface area contributed by atoms with Gasteiger partial charge in [0.25, 0.3) is 0 Å². The first-order valence-corrected chi connectivity index (χ1v) is 7.31. The van der Waals surface area contributed by atoms with E-state index in [2.05, 4.69) is 28.1 Å². The summed E-state index contributed by atoms with van der Waals surface area (Å²) in [7, 11) is 1.67. The smallest absolute Gasteiger partial charge is 0.118 e. The number of rotatable bonds is 6. The Morgan fingerprint density at radius 3 is 2.26 bits per heavy atom. The van der Waals surface area contributed by atoms with Gasteiger partial charge in [0.15, 0.2) is 0 Å². The molecule has 0 spiro atoms. The predicted octanol–water partition coefficient (Wildman–Crippen LogP) is 4.35. The van der Waals surface area contributed by atoms with Crippen molar-refractivity contribution < 1.29 is 9.47 Å². The summed E-state index contributed by atoms with van der Waals surface area (Å²) in [6.07, 6.45) is 0.0473. The van der Waals surface area contributed by atoms with Crippen molar-refractivity contribution in [3.8, 4) is 5.75 Å². The number of benzene rings is 2. The van der Waals surface area contributed by atoms with Gasteiger partial charge in [-0.15, -0.1) is 0 Å². The zero-order valence-electron chi connectivity index (χ0n) is 10.9. The van der Waals surface area contributed by atoms with Gasteiger partial charge in [0.1, 0.15) is 5.75 Å². The van der Waals surface area contributed by atoms with E-state index >= 15 is 0 Å². The molecule has 0 amide bonds. The van der Waals surface area contributed by atoms with Crippen LogP contribution in [0.1, 0.15) is 17.2 Å². The highest BCUT2D eigenvalue weighted by atomic mass is 79.9. The SMILES string of the molecule is COc1ccc(C(CBr)OCc2ccccc2)cc1. The second-order valence-electron chi connectivity index (χ2n) is 4.21. The molecule has 0 fully saturated rings. The maximum Gasteiger partial charge on any atom is 0.118 e. The fourth-order valence-corrected chi connectivity index (χ4v) is 2.38. The molecule has 2 aromatic carbocycles. The lowest BCUT2D eigenvalue weighted by atomic mass is 10.1. The third kappa shape index (κ3) is 4.08. The summed E-state index contributed by atoms with van der Waals surface area (Å²) in [4.78, 5) is 0. The van der Waals surface area contributed by atoms with E-state index in [1.165, 1.54) is 5.56 Å². The second kappa shape index (κ2) is 7.31. The number of hydrogen-bond donors (Lipinski definition) is 0. The van der Waals surface area contributed by atoms with Crippen molar-refractivity contribution in [3.05, 3.63) is 65.7 Å². The van der Waals surface area contributed by atoms with Gasteiger partial charge in [0.05, 0.1) is 19.8 Å². The lowest BCUT2D eigenvalue weighted by Gasteiger charge is -2.16. The molecule has 2 nitrogen and oxygen atoms in total. The molecule has 1 unspecified atom stereocenters. The van der Waals surface area contributed by atoms with E-state index in [-0.39, 0.29) is 6.10 Å². The van der Waals surface area contributed by atoms with Crippen LogP contribution in [-0.4, -0.2) is 12.4 Å². The van der Waals surface area contributed by atoms with Gasteiger partial charge >= 0.3 is 0 Å². The first-order chi connectivity index (χ1) is 9.33. The minimum Gasteiger partial charge on any atom is -0.497 e. The van der Waals surface area contributed by atoms with Crippen molar-refractivity contribution in [2.45, 2.75) is 12.7 Å². The molecule has 0 heterocycles. The van der Waals surface area contributed by atoms with Gasteiger partial charge in [0.2, 0.25) is 0 Å². The zero-order chi connectivity index (χ0) is 13.5. The van der Waals surface area contributed by atoms with Gasteiger partial charge in [-0.05, 0) is 23.3 Å². The molecule has 0 saturated carbocycles. The lowest BCUT2D eigenvalue weighted by Crippen LogP contribution is -2.06. The molecular weight excluding hydrogens is 304 g/mol. The van der Waals surface area contributed by atoms with E-state index in [0.29, 0.717) is 6.61 Å². The predicted molar refractivity (Wildman–Crippen MR) is 80.8 cm³/mol. The normalized spacial score (nSPS) is 12.1. The monoisotopic (exact) mass is 320 g/mol. The quantitative estimate of drug-likeness (QED) is 0.737. The van der Waals surface area contributed by atoms with Crippen LogP contribution in [-0.2, 0) is 11.3 Å². The van der Waals surface area contributed by atoms with Crippen LogP contribution in [0.15, 0.2) is 54.6 Å². The molecule has 0 bridgehead atoms.